The first-order valence-electron chi connectivity index (χ1n) is 14.0. The Labute approximate surface area is 238 Å². The number of carbonyl (C=O) groups is 1. The molecule has 2 aromatic carbocycles. The highest BCUT2D eigenvalue weighted by atomic mass is 28.4. The molecule has 1 aliphatic rings. The first kappa shape index (κ1) is 31.2. The zero-order valence-electron chi connectivity index (χ0n) is 25.3. The van der Waals surface area contributed by atoms with Gasteiger partial charge in [-0.3, -0.25) is 4.90 Å². The largest absolute Gasteiger partial charge is 0.444 e. The van der Waals surface area contributed by atoms with Crippen molar-refractivity contribution in [3.63, 3.8) is 0 Å². The predicted octanol–water partition coefficient (Wildman–Crippen LogP) is 6.18. The maximum Gasteiger partial charge on any atom is 0.410 e. The average Bonchev–Trinajstić information content (AvgIpc) is 3.26. The molecule has 0 spiro atoms. The summed E-state index contributed by atoms with van der Waals surface area (Å²) in [4.78, 5) is 15.5. The molecule has 2 aromatic rings. The number of hydrogen-bond acceptors (Lipinski definition) is 4. The lowest BCUT2D eigenvalue weighted by atomic mass is 10.1. The smallest absolute Gasteiger partial charge is 0.410 e. The van der Waals surface area contributed by atoms with Gasteiger partial charge < -0.3 is 13.6 Å². The molecule has 1 saturated heterocycles. The van der Waals surface area contributed by atoms with E-state index >= 15 is 0 Å². The van der Waals surface area contributed by atoms with Crippen LogP contribution in [0.2, 0.25) is 24.7 Å². The summed E-state index contributed by atoms with van der Waals surface area (Å²) in [6.45, 7) is 19.2. The van der Waals surface area contributed by atoms with Gasteiger partial charge in [0.25, 0.3) is 8.32 Å². The van der Waals surface area contributed by atoms with E-state index in [1.165, 1.54) is 10.4 Å². The number of terminal acetylenes is 1. The van der Waals surface area contributed by atoms with Crippen molar-refractivity contribution in [2.75, 3.05) is 6.61 Å². The molecule has 5 nitrogen and oxygen atoms in total. The summed E-state index contributed by atoms with van der Waals surface area (Å²) in [7, 11) is -4.72. The molecular weight excluding hydrogens is 519 g/mol. The van der Waals surface area contributed by atoms with Crippen molar-refractivity contribution in [2.24, 2.45) is 0 Å². The molecule has 0 N–H and O–H groups in total. The molecule has 1 fully saturated rings. The maximum absolute atomic E-state index is 13.7. The van der Waals surface area contributed by atoms with E-state index in [1.807, 2.05) is 37.8 Å². The van der Waals surface area contributed by atoms with Crippen LogP contribution in [0.4, 0.5) is 4.79 Å². The summed E-state index contributed by atoms with van der Waals surface area (Å²) in [6, 6.07) is 20.7. The minimum Gasteiger partial charge on any atom is -0.444 e. The van der Waals surface area contributed by atoms with Crippen LogP contribution in [0.5, 0.6) is 0 Å². The highest BCUT2D eigenvalue weighted by Crippen LogP contribution is 2.38. The van der Waals surface area contributed by atoms with Crippen molar-refractivity contribution in [3.8, 4) is 12.3 Å². The number of amides is 1. The third kappa shape index (κ3) is 7.43. The van der Waals surface area contributed by atoms with Gasteiger partial charge in [0.05, 0.1) is 18.7 Å². The Morgan fingerprint density at radius 2 is 1.46 bits per heavy atom. The minimum atomic E-state index is -2.77. The summed E-state index contributed by atoms with van der Waals surface area (Å²) in [5, 5.41) is 2.27. The summed E-state index contributed by atoms with van der Waals surface area (Å²) >= 11 is 0. The Bertz CT molecular complexity index is 1090. The number of rotatable bonds is 8. The normalized spacial score (nSPS) is 19.4. The fourth-order valence-corrected chi connectivity index (χ4v) is 11.1. The van der Waals surface area contributed by atoms with Gasteiger partial charge in [0, 0.05) is 0 Å². The third-order valence-corrected chi connectivity index (χ3v) is 13.0. The number of carbonyl (C=O) groups excluding carboxylic acids is 1. The van der Waals surface area contributed by atoms with Crippen LogP contribution < -0.4 is 10.4 Å². The fraction of sp³-hybridized carbons (Fsp3) is 0.531. The van der Waals surface area contributed by atoms with Crippen LogP contribution in [0.25, 0.3) is 0 Å². The second-order valence-corrected chi connectivity index (χ2v) is 22.2. The molecule has 1 aliphatic heterocycles. The van der Waals surface area contributed by atoms with E-state index in [9.17, 15) is 4.79 Å². The van der Waals surface area contributed by atoms with Gasteiger partial charge in [0.15, 0.2) is 8.32 Å². The highest BCUT2D eigenvalue weighted by molar-refractivity contribution is 6.99. The van der Waals surface area contributed by atoms with Crippen molar-refractivity contribution in [1.82, 2.24) is 4.90 Å². The highest BCUT2D eigenvalue weighted by Gasteiger charge is 2.52. The first-order valence-corrected chi connectivity index (χ1v) is 19.3. The van der Waals surface area contributed by atoms with Crippen molar-refractivity contribution in [2.45, 2.75) is 103 Å². The zero-order valence-corrected chi connectivity index (χ0v) is 27.3. The van der Waals surface area contributed by atoms with E-state index in [2.05, 4.69) is 94.9 Å². The minimum absolute atomic E-state index is 0.160. The lowest BCUT2D eigenvalue weighted by molar-refractivity contribution is -0.0000619. The van der Waals surface area contributed by atoms with Gasteiger partial charge >= 0.3 is 6.09 Å². The molecule has 39 heavy (non-hydrogen) atoms. The molecule has 1 heterocycles. The van der Waals surface area contributed by atoms with Crippen LogP contribution in [-0.4, -0.2) is 58.0 Å². The molecule has 212 valence electrons. The van der Waals surface area contributed by atoms with Crippen LogP contribution in [0.3, 0.4) is 0 Å². The van der Waals surface area contributed by atoms with Gasteiger partial charge in [-0.1, -0.05) is 87.4 Å². The molecule has 0 saturated carbocycles. The number of likely N-dealkylation sites (tertiary alicyclic amines) is 1. The van der Waals surface area contributed by atoms with Crippen LogP contribution in [0, 0.1) is 12.3 Å². The Kier molecular flexibility index (Phi) is 9.60. The fourth-order valence-electron chi connectivity index (χ4n) is 5.56. The lowest BCUT2D eigenvalue weighted by Gasteiger charge is -2.44. The Balaban J connectivity index is 2.03. The van der Waals surface area contributed by atoms with Gasteiger partial charge in [-0.2, -0.15) is 0 Å². The van der Waals surface area contributed by atoms with Crippen molar-refractivity contribution in [3.05, 3.63) is 60.7 Å². The van der Waals surface area contributed by atoms with Crippen LogP contribution in [0.1, 0.15) is 54.4 Å². The topological polar surface area (TPSA) is 48.0 Å². The summed E-state index contributed by atoms with van der Waals surface area (Å²) in [5.41, 5.74) is -0.626. The standard InChI is InChI=1S/C32H47NO4Si2/c1-11-29(37-38(8,9)10)28-23-22-25(33(28)30(34)36-31(2,3)4)24-35-39(32(5,6)7,26-18-14-12-15-19-26)27-20-16-13-17-21-27/h1,12-21,25,28-29H,22-24H2,2-10H3/t25-,28-,29+/m0/s1. The molecule has 7 heteroatoms. The quantitative estimate of drug-likeness (QED) is 0.283. The summed E-state index contributed by atoms with van der Waals surface area (Å²) < 4.78 is 19.5. The van der Waals surface area contributed by atoms with E-state index in [4.69, 9.17) is 20.0 Å². The van der Waals surface area contributed by atoms with E-state index in [0.29, 0.717) is 6.61 Å². The third-order valence-electron chi connectivity index (χ3n) is 7.05. The number of ether oxygens (including phenoxy) is 1. The Morgan fingerprint density at radius 1 is 0.949 bits per heavy atom. The van der Waals surface area contributed by atoms with Crippen molar-refractivity contribution in [1.29, 1.82) is 0 Å². The molecular formula is C32H47NO4Si2. The van der Waals surface area contributed by atoms with Crippen LogP contribution in [-0.2, 0) is 13.6 Å². The van der Waals surface area contributed by atoms with Crippen molar-refractivity contribution >= 4 is 33.1 Å². The predicted molar refractivity (Wildman–Crippen MR) is 166 cm³/mol. The maximum atomic E-state index is 13.7. The zero-order chi connectivity index (χ0) is 29.1. The van der Waals surface area contributed by atoms with Gasteiger partial charge in [-0.25, -0.2) is 4.79 Å². The van der Waals surface area contributed by atoms with Gasteiger partial charge in [-0.15, -0.1) is 6.42 Å². The van der Waals surface area contributed by atoms with E-state index < -0.39 is 28.3 Å². The molecule has 0 unspecified atom stereocenters. The van der Waals surface area contributed by atoms with Crippen molar-refractivity contribution < 1.29 is 18.4 Å². The van der Waals surface area contributed by atoms with E-state index in [1.54, 1.807) is 0 Å². The first-order chi connectivity index (χ1) is 18.1. The Hall–Kier alpha value is -2.38. The van der Waals surface area contributed by atoms with E-state index in [-0.39, 0.29) is 23.2 Å². The average molecular weight is 566 g/mol. The number of nitrogens with zero attached hydrogens (tertiary/aromatic N) is 1. The molecule has 3 rings (SSSR count). The molecule has 0 aliphatic carbocycles. The van der Waals surface area contributed by atoms with Gasteiger partial charge in [0.2, 0.25) is 0 Å². The molecule has 3 atom stereocenters. The van der Waals surface area contributed by atoms with E-state index in [0.717, 1.165) is 12.8 Å². The lowest BCUT2D eigenvalue weighted by Crippen LogP contribution is -2.67. The number of benzene rings is 2. The Morgan fingerprint density at radius 3 is 1.87 bits per heavy atom. The second kappa shape index (κ2) is 12.0. The molecule has 0 bridgehead atoms. The molecule has 0 radical (unpaired) electrons. The SMILES string of the molecule is C#C[C@@H](O[Si](C)(C)C)[C@@H]1CC[C@@H](CO[Si](c2ccccc2)(c2ccccc2)C(C)(C)C)N1C(=O)OC(C)(C)C. The monoisotopic (exact) mass is 565 g/mol. The number of hydrogen-bond donors (Lipinski definition) is 0. The summed E-state index contributed by atoms with van der Waals surface area (Å²) in [6.07, 6.45) is 6.66. The molecule has 1 amide bonds. The molecule has 0 aromatic heterocycles. The van der Waals surface area contributed by atoms with Crippen LogP contribution in [0.15, 0.2) is 60.7 Å². The second-order valence-electron chi connectivity index (χ2n) is 13.5. The van der Waals surface area contributed by atoms with Gasteiger partial charge in [0.1, 0.15) is 11.7 Å². The van der Waals surface area contributed by atoms with Crippen LogP contribution >= 0.6 is 0 Å². The summed E-state index contributed by atoms with van der Waals surface area (Å²) in [5.74, 6) is 2.85. The van der Waals surface area contributed by atoms with Gasteiger partial charge in [-0.05, 0) is 68.7 Å².